The summed E-state index contributed by atoms with van der Waals surface area (Å²) in [5.74, 6) is 0.445. The van der Waals surface area contributed by atoms with Gasteiger partial charge in [-0.3, -0.25) is 9.52 Å². The average molecular weight is 403 g/mol. The maximum Gasteiger partial charge on any atom is 0.265 e. The van der Waals surface area contributed by atoms with Crippen LogP contribution < -0.4 is 9.46 Å². The Morgan fingerprint density at radius 1 is 1.11 bits per heavy atom. The highest BCUT2D eigenvalue weighted by Crippen LogP contribution is 2.27. The Kier molecular flexibility index (Phi) is 6.24. The van der Waals surface area contributed by atoms with E-state index in [1.165, 1.54) is 0 Å². The molecule has 3 rings (SSSR count). The van der Waals surface area contributed by atoms with Gasteiger partial charge in [0.05, 0.1) is 13.0 Å². The van der Waals surface area contributed by atoms with Crippen molar-refractivity contribution >= 4 is 21.6 Å². The summed E-state index contributed by atoms with van der Waals surface area (Å²) in [6, 6.07) is 12.0. The average Bonchev–Trinajstić information content (AvgIpc) is 3.19. The second-order valence-corrected chi connectivity index (χ2v) is 8.60. The maximum absolute atomic E-state index is 12.8. The van der Waals surface area contributed by atoms with Gasteiger partial charge in [0.15, 0.2) is 0 Å². The first-order chi connectivity index (χ1) is 13.4. The third kappa shape index (κ3) is 4.84. The smallest absolute Gasteiger partial charge is 0.265 e. The van der Waals surface area contributed by atoms with E-state index < -0.39 is 10.0 Å². The van der Waals surface area contributed by atoms with Crippen molar-refractivity contribution in [1.29, 1.82) is 0 Å². The van der Waals surface area contributed by atoms with Crippen molar-refractivity contribution < 1.29 is 17.9 Å². The third-order valence-corrected chi connectivity index (χ3v) is 6.11. The number of hydrogen-bond donors (Lipinski definition) is 1. The molecule has 2 aromatic carbocycles. The van der Waals surface area contributed by atoms with Gasteiger partial charge in [0.1, 0.15) is 10.6 Å². The second-order valence-electron chi connectivity index (χ2n) is 6.95. The van der Waals surface area contributed by atoms with Gasteiger partial charge < -0.3 is 9.64 Å². The number of hydrogen-bond acceptors (Lipinski definition) is 4. The minimum absolute atomic E-state index is 0.114. The van der Waals surface area contributed by atoms with Crippen molar-refractivity contribution in [3.63, 3.8) is 0 Å². The fourth-order valence-electron chi connectivity index (χ4n) is 3.25. The highest BCUT2D eigenvalue weighted by Gasteiger charge is 2.21. The van der Waals surface area contributed by atoms with E-state index in [0.29, 0.717) is 24.5 Å². The maximum atomic E-state index is 12.8. The van der Waals surface area contributed by atoms with Crippen molar-refractivity contribution in [3.05, 3.63) is 53.6 Å². The summed E-state index contributed by atoms with van der Waals surface area (Å²) in [6.45, 7) is 5.68. The van der Waals surface area contributed by atoms with Gasteiger partial charge in [0.2, 0.25) is 5.91 Å². The lowest BCUT2D eigenvalue weighted by atomic mass is 10.1. The van der Waals surface area contributed by atoms with Crippen LogP contribution in [0.4, 0.5) is 5.69 Å². The Bertz CT molecular complexity index is 933. The van der Waals surface area contributed by atoms with Gasteiger partial charge in [-0.05, 0) is 62.1 Å². The molecule has 7 heteroatoms. The summed E-state index contributed by atoms with van der Waals surface area (Å²) in [7, 11) is -3.79. The zero-order chi connectivity index (χ0) is 20.1. The summed E-state index contributed by atoms with van der Waals surface area (Å²) in [5, 5.41) is 0. The summed E-state index contributed by atoms with van der Waals surface area (Å²) in [6.07, 6.45) is 2.46. The molecule has 0 saturated carbocycles. The molecular formula is C21H26N2O4S. The molecule has 0 aromatic heterocycles. The lowest BCUT2D eigenvalue weighted by Gasteiger charge is -2.15. The number of nitrogens with zero attached hydrogens (tertiary/aromatic N) is 1. The Labute approximate surface area is 166 Å². The van der Waals surface area contributed by atoms with Gasteiger partial charge in [-0.1, -0.05) is 18.2 Å². The second kappa shape index (κ2) is 8.65. The highest BCUT2D eigenvalue weighted by molar-refractivity contribution is 7.92. The SMILES string of the molecule is CCOc1ccc(C)cc1S(=O)(=O)Nc1ccc(CC(=O)N2CCCC2)cc1. The molecule has 1 N–H and O–H groups in total. The molecule has 6 nitrogen and oxygen atoms in total. The van der Waals surface area contributed by atoms with Gasteiger partial charge >= 0.3 is 0 Å². The van der Waals surface area contributed by atoms with Crippen LogP contribution in [0.25, 0.3) is 0 Å². The van der Waals surface area contributed by atoms with E-state index in [2.05, 4.69) is 4.72 Å². The van der Waals surface area contributed by atoms with Gasteiger partial charge in [-0.25, -0.2) is 8.42 Å². The quantitative estimate of drug-likeness (QED) is 0.771. The van der Waals surface area contributed by atoms with Crippen molar-refractivity contribution in [3.8, 4) is 5.75 Å². The highest BCUT2D eigenvalue weighted by atomic mass is 32.2. The van der Waals surface area contributed by atoms with E-state index in [-0.39, 0.29) is 10.8 Å². The Balaban J connectivity index is 1.72. The topological polar surface area (TPSA) is 75.7 Å². The summed E-state index contributed by atoms with van der Waals surface area (Å²) < 4.78 is 33.7. The van der Waals surface area contributed by atoms with Gasteiger partial charge in [-0.2, -0.15) is 0 Å². The number of anilines is 1. The summed E-state index contributed by atoms with van der Waals surface area (Å²) in [5.41, 5.74) is 2.14. The molecule has 0 unspecified atom stereocenters. The molecule has 1 aliphatic heterocycles. The van der Waals surface area contributed by atoms with Crippen LogP contribution in [0.2, 0.25) is 0 Å². The Morgan fingerprint density at radius 2 is 1.79 bits per heavy atom. The molecule has 0 aliphatic carbocycles. The van der Waals surface area contributed by atoms with E-state index in [4.69, 9.17) is 4.74 Å². The molecular weight excluding hydrogens is 376 g/mol. The number of rotatable bonds is 7. The molecule has 0 atom stereocenters. The molecule has 28 heavy (non-hydrogen) atoms. The van der Waals surface area contributed by atoms with Crippen LogP contribution in [0.1, 0.15) is 30.9 Å². The van der Waals surface area contributed by atoms with Gasteiger partial charge in [-0.15, -0.1) is 0 Å². The van der Waals surface area contributed by atoms with Crippen molar-refractivity contribution in [1.82, 2.24) is 4.90 Å². The number of carbonyl (C=O) groups is 1. The number of nitrogens with one attached hydrogen (secondary N) is 1. The first kappa shape index (κ1) is 20.2. The van der Waals surface area contributed by atoms with E-state index >= 15 is 0 Å². The number of aryl methyl sites for hydroxylation is 1. The van der Waals surface area contributed by atoms with E-state index in [9.17, 15) is 13.2 Å². The van der Waals surface area contributed by atoms with Crippen LogP contribution >= 0.6 is 0 Å². The van der Waals surface area contributed by atoms with Crippen molar-refractivity contribution in [2.45, 2.75) is 38.0 Å². The van der Waals surface area contributed by atoms with E-state index in [1.54, 1.807) is 36.4 Å². The van der Waals surface area contributed by atoms with Crippen LogP contribution in [0.15, 0.2) is 47.4 Å². The molecule has 150 valence electrons. The lowest BCUT2D eigenvalue weighted by Crippen LogP contribution is -2.29. The lowest BCUT2D eigenvalue weighted by molar-refractivity contribution is -0.129. The number of benzene rings is 2. The van der Waals surface area contributed by atoms with Crippen LogP contribution in [-0.4, -0.2) is 38.9 Å². The fraction of sp³-hybridized carbons (Fsp3) is 0.381. The van der Waals surface area contributed by atoms with Crippen LogP contribution in [0.3, 0.4) is 0 Å². The number of carbonyl (C=O) groups excluding carboxylic acids is 1. The molecule has 0 spiro atoms. The number of sulfonamides is 1. The molecule has 1 fully saturated rings. The molecule has 1 aliphatic rings. The standard InChI is InChI=1S/C21H26N2O4S/c1-3-27-19-11-6-16(2)14-20(19)28(25,26)22-18-9-7-17(8-10-18)15-21(24)23-12-4-5-13-23/h6-11,14,22H,3-5,12-13,15H2,1-2H3. The van der Waals surface area contributed by atoms with Gasteiger partial charge in [0.25, 0.3) is 10.0 Å². The third-order valence-electron chi connectivity index (χ3n) is 4.71. The normalized spacial score (nSPS) is 14.1. The fourth-order valence-corrected chi connectivity index (χ4v) is 4.54. The monoisotopic (exact) mass is 402 g/mol. The molecule has 0 radical (unpaired) electrons. The van der Waals surface area contributed by atoms with Crippen LogP contribution in [0, 0.1) is 6.92 Å². The molecule has 2 aromatic rings. The summed E-state index contributed by atoms with van der Waals surface area (Å²) in [4.78, 5) is 14.2. The molecule has 1 saturated heterocycles. The molecule has 0 bridgehead atoms. The number of likely N-dealkylation sites (tertiary alicyclic amines) is 1. The minimum atomic E-state index is -3.79. The van der Waals surface area contributed by atoms with E-state index in [1.807, 2.05) is 24.8 Å². The van der Waals surface area contributed by atoms with Gasteiger partial charge in [0, 0.05) is 18.8 Å². The largest absolute Gasteiger partial charge is 0.492 e. The molecule has 1 amide bonds. The number of amides is 1. The first-order valence-corrected chi connectivity index (χ1v) is 11.0. The van der Waals surface area contributed by atoms with Crippen molar-refractivity contribution in [2.75, 3.05) is 24.4 Å². The van der Waals surface area contributed by atoms with Crippen LogP contribution in [-0.2, 0) is 21.2 Å². The molecule has 1 heterocycles. The minimum Gasteiger partial charge on any atom is -0.492 e. The predicted octanol–water partition coefficient (Wildman–Crippen LogP) is 3.36. The van der Waals surface area contributed by atoms with E-state index in [0.717, 1.165) is 37.1 Å². The Morgan fingerprint density at radius 3 is 2.43 bits per heavy atom. The predicted molar refractivity (Wildman–Crippen MR) is 109 cm³/mol. The summed E-state index contributed by atoms with van der Waals surface area (Å²) >= 11 is 0. The van der Waals surface area contributed by atoms with Crippen LogP contribution in [0.5, 0.6) is 5.75 Å². The first-order valence-electron chi connectivity index (χ1n) is 9.52. The number of ether oxygens (including phenoxy) is 1. The Hall–Kier alpha value is -2.54. The van der Waals surface area contributed by atoms with Crippen molar-refractivity contribution in [2.24, 2.45) is 0 Å². The zero-order valence-corrected chi connectivity index (χ0v) is 17.1. The zero-order valence-electron chi connectivity index (χ0n) is 16.3.